The van der Waals surface area contributed by atoms with Crippen LogP contribution >= 0.6 is 0 Å². The first kappa shape index (κ1) is 12.2. The Bertz CT molecular complexity index is 407. The van der Waals surface area contributed by atoms with Gasteiger partial charge in [-0.3, -0.25) is 0 Å². The zero-order valence-electron chi connectivity index (χ0n) is 10.3. The molecule has 4 nitrogen and oxygen atoms in total. The first-order valence-corrected chi connectivity index (χ1v) is 6.11. The SMILES string of the molecule is Cc1cc(CNCC(C)C2CC2)oc1C(=O)O. The van der Waals surface area contributed by atoms with E-state index in [1.165, 1.54) is 12.8 Å². The zero-order valence-corrected chi connectivity index (χ0v) is 10.3. The molecule has 0 saturated heterocycles. The number of carboxylic acid groups (broad SMARTS) is 1. The first-order valence-electron chi connectivity index (χ1n) is 6.11. The molecular formula is C13H19NO3. The van der Waals surface area contributed by atoms with Gasteiger partial charge in [0.2, 0.25) is 5.76 Å². The predicted octanol–water partition coefficient (Wildman–Crippen LogP) is 2.42. The number of hydrogen-bond donors (Lipinski definition) is 2. The van der Waals surface area contributed by atoms with Crippen molar-refractivity contribution in [1.82, 2.24) is 5.32 Å². The fraction of sp³-hybridized carbons (Fsp3) is 0.615. The Hall–Kier alpha value is -1.29. The van der Waals surface area contributed by atoms with E-state index in [1.54, 1.807) is 13.0 Å². The summed E-state index contributed by atoms with van der Waals surface area (Å²) in [7, 11) is 0. The minimum absolute atomic E-state index is 0.0528. The van der Waals surface area contributed by atoms with Crippen LogP contribution in [0.25, 0.3) is 0 Å². The summed E-state index contributed by atoms with van der Waals surface area (Å²) in [4.78, 5) is 10.8. The molecule has 1 aliphatic carbocycles. The molecule has 0 aromatic carbocycles. The van der Waals surface area contributed by atoms with Gasteiger partial charge in [-0.1, -0.05) is 6.92 Å². The van der Waals surface area contributed by atoms with Gasteiger partial charge in [-0.2, -0.15) is 0 Å². The number of rotatable bonds is 6. The van der Waals surface area contributed by atoms with E-state index in [0.29, 0.717) is 23.8 Å². The first-order chi connectivity index (χ1) is 8.08. The van der Waals surface area contributed by atoms with E-state index in [-0.39, 0.29) is 5.76 Å². The third-order valence-electron chi connectivity index (χ3n) is 3.36. The normalized spacial score (nSPS) is 17.1. The van der Waals surface area contributed by atoms with Crippen molar-refractivity contribution in [2.75, 3.05) is 6.54 Å². The van der Waals surface area contributed by atoms with E-state index >= 15 is 0 Å². The highest BCUT2D eigenvalue weighted by Gasteiger charge is 2.27. The summed E-state index contributed by atoms with van der Waals surface area (Å²) in [5, 5.41) is 12.2. The van der Waals surface area contributed by atoms with E-state index in [1.807, 2.05) is 0 Å². The molecule has 0 amide bonds. The highest BCUT2D eigenvalue weighted by Crippen LogP contribution is 2.36. The van der Waals surface area contributed by atoms with Crippen LogP contribution in [0.15, 0.2) is 10.5 Å². The van der Waals surface area contributed by atoms with Crippen molar-refractivity contribution in [2.24, 2.45) is 11.8 Å². The predicted molar refractivity (Wildman–Crippen MR) is 64.0 cm³/mol. The molecule has 2 N–H and O–H groups in total. The highest BCUT2D eigenvalue weighted by molar-refractivity contribution is 5.86. The second kappa shape index (κ2) is 4.92. The topological polar surface area (TPSA) is 62.5 Å². The molecule has 1 fully saturated rings. The third-order valence-corrected chi connectivity index (χ3v) is 3.36. The molecule has 1 saturated carbocycles. The summed E-state index contributed by atoms with van der Waals surface area (Å²) in [5.74, 6) is 1.33. The molecule has 0 aliphatic heterocycles. The maximum absolute atomic E-state index is 10.8. The van der Waals surface area contributed by atoms with E-state index in [2.05, 4.69) is 12.2 Å². The van der Waals surface area contributed by atoms with Crippen molar-refractivity contribution in [1.29, 1.82) is 0 Å². The molecule has 94 valence electrons. The number of aromatic carboxylic acids is 1. The Morgan fingerprint density at radius 2 is 2.35 bits per heavy atom. The average Bonchev–Trinajstić information content (AvgIpc) is 3.03. The van der Waals surface area contributed by atoms with Crippen molar-refractivity contribution < 1.29 is 14.3 Å². The molecule has 1 aliphatic rings. The summed E-state index contributed by atoms with van der Waals surface area (Å²) in [6.45, 7) is 5.57. The van der Waals surface area contributed by atoms with Crippen LogP contribution in [0.1, 0.15) is 41.6 Å². The monoisotopic (exact) mass is 237 g/mol. The van der Waals surface area contributed by atoms with E-state index in [9.17, 15) is 4.79 Å². The Kier molecular flexibility index (Phi) is 3.52. The smallest absolute Gasteiger partial charge is 0.372 e. The number of nitrogens with one attached hydrogen (secondary N) is 1. The summed E-state index contributed by atoms with van der Waals surface area (Å²) in [6, 6.07) is 1.79. The molecule has 1 aromatic heterocycles. The Morgan fingerprint density at radius 3 is 2.88 bits per heavy atom. The quantitative estimate of drug-likeness (QED) is 0.797. The van der Waals surface area contributed by atoms with Gasteiger partial charge in [0.1, 0.15) is 5.76 Å². The fourth-order valence-electron chi connectivity index (χ4n) is 2.10. The average molecular weight is 237 g/mol. The van der Waals surface area contributed by atoms with Crippen molar-refractivity contribution in [3.63, 3.8) is 0 Å². The molecule has 0 bridgehead atoms. The summed E-state index contributed by atoms with van der Waals surface area (Å²) in [6.07, 6.45) is 2.71. The maximum Gasteiger partial charge on any atom is 0.372 e. The molecule has 0 spiro atoms. The summed E-state index contributed by atoms with van der Waals surface area (Å²) >= 11 is 0. The van der Waals surface area contributed by atoms with E-state index < -0.39 is 5.97 Å². The van der Waals surface area contributed by atoms with Crippen LogP contribution in [0.4, 0.5) is 0 Å². The number of aryl methyl sites for hydroxylation is 1. The molecule has 2 rings (SSSR count). The van der Waals surface area contributed by atoms with Crippen molar-refractivity contribution in [3.05, 3.63) is 23.2 Å². The molecular weight excluding hydrogens is 218 g/mol. The Labute approximate surface area is 101 Å². The van der Waals surface area contributed by atoms with Gasteiger partial charge in [-0.05, 0) is 44.2 Å². The van der Waals surface area contributed by atoms with Gasteiger partial charge in [-0.25, -0.2) is 4.79 Å². The number of carbonyl (C=O) groups is 1. The van der Waals surface area contributed by atoms with Crippen LogP contribution in [0.5, 0.6) is 0 Å². The third kappa shape index (κ3) is 3.09. The lowest BCUT2D eigenvalue weighted by atomic mass is 10.1. The van der Waals surface area contributed by atoms with Gasteiger partial charge in [0.15, 0.2) is 0 Å². The second-order valence-electron chi connectivity index (χ2n) is 4.98. The molecule has 17 heavy (non-hydrogen) atoms. The van der Waals surface area contributed by atoms with Crippen LogP contribution < -0.4 is 5.32 Å². The van der Waals surface area contributed by atoms with E-state index in [4.69, 9.17) is 9.52 Å². The van der Waals surface area contributed by atoms with Gasteiger partial charge >= 0.3 is 5.97 Å². The maximum atomic E-state index is 10.8. The fourth-order valence-corrected chi connectivity index (χ4v) is 2.10. The zero-order chi connectivity index (χ0) is 12.4. The van der Waals surface area contributed by atoms with Crippen molar-refractivity contribution in [3.8, 4) is 0 Å². The van der Waals surface area contributed by atoms with Gasteiger partial charge in [-0.15, -0.1) is 0 Å². The van der Waals surface area contributed by atoms with Crippen LogP contribution in [0, 0.1) is 18.8 Å². The van der Waals surface area contributed by atoms with Gasteiger partial charge in [0.25, 0.3) is 0 Å². The van der Waals surface area contributed by atoms with Crippen LogP contribution in [0.3, 0.4) is 0 Å². The largest absolute Gasteiger partial charge is 0.475 e. The molecule has 1 aromatic rings. The lowest BCUT2D eigenvalue weighted by Gasteiger charge is -2.09. The molecule has 1 atom stereocenters. The Morgan fingerprint density at radius 1 is 1.65 bits per heavy atom. The minimum atomic E-state index is -1.000. The van der Waals surface area contributed by atoms with Crippen LogP contribution in [-0.2, 0) is 6.54 Å². The van der Waals surface area contributed by atoms with Gasteiger partial charge in [0.05, 0.1) is 6.54 Å². The van der Waals surface area contributed by atoms with Gasteiger partial charge in [0, 0.05) is 5.56 Å². The number of carboxylic acids is 1. The molecule has 4 heteroatoms. The highest BCUT2D eigenvalue weighted by atomic mass is 16.4. The standard InChI is InChI=1S/C13H19NO3/c1-8-5-11(17-12(8)13(15)16)7-14-6-9(2)10-3-4-10/h5,9-10,14H,3-4,6-7H2,1-2H3,(H,15,16). The lowest BCUT2D eigenvalue weighted by molar-refractivity contribution is 0.0659. The summed E-state index contributed by atoms with van der Waals surface area (Å²) in [5.41, 5.74) is 0.685. The minimum Gasteiger partial charge on any atom is -0.475 e. The van der Waals surface area contributed by atoms with Crippen LogP contribution in [-0.4, -0.2) is 17.6 Å². The molecule has 1 unspecified atom stereocenters. The number of furan rings is 1. The van der Waals surface area contributed by atoms with Gasteiger partial charge < -0.3 is 14.8 Å². The summed E-state index contributed by atoms with van der Waals surface area (Å²) < 4.78 is 5.27. The molecule has 0 radical (unpaired) electrons. The lowest BCUT2D eigenvalue weighted by Crippen LogP contribution is -2.21. The Balaban J connectivity index is 1.82. The second-order valence-corrected chi connectivity index (χ2v) is 4.98. The van der Waals surface area contributed by atoms with Crippen LogP contribution in [0.2, 0.25) is 0 Å². The molecule has 1 heterocycles. The van der Waals surface area contributed by atoms with Crippen molar-refractivity contribution in [2.45, 2.75) is 33.2 Å². The van der Waals surface area contributed by atoms with E-state index in [0.717, 1.165) is 12.5 Å². The number of hydrogen-bond acceptors (Lipinski definition) is 3. The van der Waals surface area contributed by atoms with Crippen molar-refractivity contribution >= 4 is 5.97 Å².